The summed E-state index contributed by atoms with van der Waals surface area (Å²) in [6.45, 7) is 2.07. The van der Waals surface area contributed by atoms with Crippen LogP contribution in [-0.2, 0) is 18.4 Å². The summed E-state index contributed by atoms with van der Waals surface area (Å²) in [6.07, 6.45) is 0. The van der Waals surface area contributed by atoms with Crippen LogP contribution in [0.4, 0.5) is 5.69 Å². The van der Waals surface area contributed by atoms with E-state index in [1.54, 1.807) is 12.1 Å². The number of aromatic nitrogens is 3. The van der Waals surface area contributed by atoms with E-state index in [1.807, 2.05) is 61.0 Å². The number of halogens is 1. The summed E-state index contributed by atoms with van der Waals surface area (Å²) in [7, 11) is 1.84. The van der Waals surface area contributed by atoms with Crippen molar-refractivity contribution in [1.82, 2.24) is 14.8 Å². The number of ether oxygens (including phenoxy) is 1. The maximum atomic E-state index is 12.4. The smallest absolute Gasteiger partial charge is 0.237 e. The fourth-order valence-corrected chi connectivity index (χ4v) is 3.28. The summed E-state index contributed by atoms with van der Waals surface area (Å²) < 4.78 is 7.52. The lowest BCUT2D eigenvalue weighted by atomic mass is 10.3. The highest BCUT2D eigenvalue weighted by atomic mass is 35.5. The number of hydrogen-bond acceptors (Lipinski definition) is 5. The van der Waals surface area contributed by atoms with Crippen molar-refractivity contribution < 1.29 is 9.53 Å². The number of anilines is 1. The van der Waals surface area contributed by atoms with Crippen molar-refractivity contribution in [1.29, 1.82) is 0 Å². The van der Waals surface area contributed by atoms with E-state index in [2.05, 4.69) is 15.5 Å². The van der Waals surface area contributed by atoms with Crippen molar-refractivity contribution in [2.45, 2.75) is 23.9 Å². The molecule has 1 N–H and O–H groups in total. The third-order valence-electron chi connectivity index (χ3n) is 3.81. The zero-order valence-corrected chi connectivity index (χ0v) is 16.5. The Kier molecular flexibility index (Phi) is 6.36. The Labute approximate surface area is 166 Å². The second kappa shape index (κ2) is 8.92. The van der Waals surface area contributed by atoms with Gasteiger partial charge in [0.05, 0.1) is 10.3 Å². The van der Waals surface area contributed by atoms with Crippen LogP contribution in [-0.4, -0.2) is 25.9 Å². The molecule has 0 aliphatic heterocycles. The zero-order valence-electron chi connectivity index (χ0n) is 14.9. The van der Waals surface area contributed by atoms with E-state index in [0.29, 0.717) is 21.8 Å². The van der Waals surface area contributed by atoms with Gasteiger partial charge in [-0.2, -0.15) is 0 Å². The van der Waals surface area contributed by atoms with Gasteiger partial charge in [-0.25, -0.2) is 0 Å². The molecule has 1 atom stereocenters. The van der Waals surface area contributed by atoms with Crippen LogP contribution in [0, 0.1) is 0 Å². The molecule has 0 spiro atoms. The minimum Gasteiger partial charge on any atom is -0.484 e. The first-order valence-corrected chi connectivity index (χ1v) is 9.58. The highest BCUT2D eigenvalue weighted by molar-refractivity contribution is 8.00. The van der Waals surface area contributed by atoms with Crippen LogP contribution in [0.1, 0.15) is 12.7 Å². The SMILES string of the molecule is C[C@@H](Sc1nnc(COc2ccccc2Cl)n1C)C(=O)Nc1ccccc1. The molecule has 0 fully saturated rings. The number of carbonyl (C=O) groups excluding carboxylic acids is 1. The lowest BCUT2D eigenvalue weighted by Crippen LogP contribution is -2.22. The lowest BCUT2D eigenvalue weighted by Gasteiger charge is -2.12. The molecule has 8 heteroatoms. The first-order valence-electron chi connectivity index (χ1n) is 8.32. The Balaban J connectivity index is 1.59. The minimum atomic E-state index is -0.328. The van der Waals surface area contributed by atoms with Gasteiger partial charge in [0, 0.05) is 12.7 Å². The van der Waals surface area contributed by atoms with Gasteiger partial charge in [0.2, 0.25) is 5.91 Å². The average molecular weight is 403 g/mol. The Morgan fingerprint density at radius 1 is 1.19 bits per heavy atom. The lowest BCUT2D eigenvalue weighted by molar-refractivity contribution is -0.115. The van der Waals surface area contributed by atoms with Gasteiger partial charge in [0.15, 0.2) is 11.0 Å². The van der Waals surface area contributed by atoms with E-state index in [4.69, 9.17) is 16.3 Å². The summed E-state index contributed by atoms with van der Waals surface area (Å²) in [5.41, 5.74) is 0.766. The second-order valence-corrected chi connectivity index (χ2v) is 7.51. The standard InChI is InChI=1S/C19H19ClN4O2S/c1-13(18(25)21-14-8-4-3-5-9-14)27-19-23-22-17(24(19)2)12-26-16-11-7-6-10-15(16)20/h3-11,13H,12H2,1-2H3,(H,21,25)/t13-/m1/s1. The van der Waals surface area contributed by atoms with Crippen molar-refractivity contribution in [3.05, 3.63) is 65.4 Å². The summed E-state index contributed by atoms with van der Waals surface area (Å²) in [6, 6.07) is 16.6. The molecular weight excluding hydrogens is 384 g/mol. The molecule has 3 rings (SSSR count). The normalized spacial score (nSPS) is 11.8. The highest BCUT2D eigenvalue weighted by Crippen LogP contribution is 2.25. The summed E-state index contributed by atoms with van der Waals surface area (Å²) in [5.74, 6) is 1.14. The van der Waals surface area contributed by atoms with Crippen LogP contribution in [0.25, 0.3) is 0 Å². The van der Waals surface area contributed by atoms with E-state index >= 15 is 0 Å². The molecule has 140 valence electrons. The molecule has 1 heterocycles. The Morgan fingerprint density at radius 2 is 1.89 bits per heavy atom. The molecule has 0 unspecified atom stereocenters. The van der Waals surface area contributed by atoms with E-state index in [-0.39, 0.29) is 17.8 Å². The van der Waals surface area contributed by atoms with Gasteiger partial charge in [-0.05, 0) is 31.2 Å². The molecule has 0 saturated heterocycles. The third-order valence-corrected chi connectivity index (χ3v) is 5.26. The number of benzene rings is 2. The molecule has 3 aromatic rings. The number of nitrogens with one attached hydrogen (secondary N) is 1. The predicted molar refractivity (Wildman–Crippen MR) is 107 cm³/mol. The van der Waals surface area contributed by atoms with Crippen LogP contribution in [0.3, 0.4) is 0 Å². The second-order valence-electron chi connectivity index (χ2n) is 5.79. The zero-order chi connectivity index (χ0) is 19.2. The maximum Gasteiger partial charge on any atom is 0.237 e. The van der Waals surface area contributed by atoms with Gasteiger partial charge in [0.25, 0.3) is 0 Å². The Morgan fingerprint density at radius 3 is 2.63 bits per heavy atom. The summed E-state index contributed by atoms with van der Waals surface area (Å²) in [4.78, 5) is 12.4. The first-order chi connectivity index (χ1) is 13.0. The van der Waals surface area contributed by atoms with Crippen LogP contribution in [0.15, 0.2) is 59.8 Å². The van der Waals surface area contributed by atoms with Crippen LogP contribution in [0.5, 0.6) is 5.75 Å². The molecule has 1 aromatic heterocycles. The van der Waals surface area contributed by atoms with Crippen molar-refractivity contribution in [2.24, 2.45) is 7.05 Å². The van der Waals surface area contributed by atoms with Gasteiger partial charge < -0.3 is 14.6 Å². The minimum absolute atomic E-state index is 0.0944. The Hall–Kier alpha value is -2.51. The summed E-state index contributed by atoms with van der Waals surface area (Å²) >= 11 is 7.43. The van der Waals surface area contributed by atoms with Crippen LogP contribution < -0.4 is 10.1 Å². The molecule has 0 bridgehead atoms. The fraction of sp³-hybridized carbons (Fsp3) is 0.211. The van der Waals surface area contributed by atoms with Gasteiger partial charge in [-0.1, -0.05) is 53.7 Å². The molecule has 2 aromatic carbocycles. The molecule has 0 aliphatic carbocycles. The Bertz CT molecular complexity index is 917. The fourth-order valence-electron chi connectivity index (χ4n) is 2.25. The average Bonchev–Trinajstić information content (AvgIpc) is 3.01. The van der Waals surface area contributed by atoms with Crippen LogP contribution >= 0.6 is 23.4 Å². The number of nitrogens with zero attached hydrogens (tertiary/aromatic N) is 3. The number of para-hydroxylation sites is 2. The van der Waals surface area contributed by atoms with E-state index < -0.39 is 0 Å². The van der Waals surface area contributed by atoms with E-state index in [9.17, 15) is 4.79 Å². The molecule has 6 nitrogen and oxygen atoms in total. The largest absolute Gasteiger partial charge is 0.484 e. The quantitative estimate of drug-likeness (QED) is 0.601. The van der Waals surface area contributed by atoms with E-state index in [0.717, 1.165) is 5.69 Å². The number of amides is 1. The van der Waals surface area contributed by atoms with Gasteiger partial charge in [0.1, 0.15) is 12.4 Å². The molecule has 0 aliphatic rings. The van der Waals surface area contributed by atoms with Gasteiger partial charge in [-0.15, -0.1) is 10.2 Å². The van der Waals surface area contributed by atoms with Crippen molar-refractivity contribution >= 4 is 35.0 Å². The molecular formula is C19H19ClN4O2S. The number of thioether (sulfide) groups is 1. The molecule has 27 heavy (non-hydrogen) atoms. The van der Waals surface area contributed by atoms with E-state index in [1.165, 1.54) is 11.8 Å². The predicted octanol–water partition coefficient (Wildman–Crippen LogP) is 4.17. The number of rotatable bonds is 7. The van der Waals surface area contributed by atoms with Crippen LogP contribution in [0.2, 0.25) is 5.02 Å². The molecule has 0 radical (unpaired) electrons. The highest BCUT2D eigenvalue weighted by Gasteiger charge is 2.19. The number of hydrogen-bond donors (Lipinski definition) is 1. The van der Waals surface area contributed by atoms with Crippen molar-refractivity contribution in [3.8, 4) is 5.75 Å². The number of carbonyl (C=O) groups is 1. The van der Waals surface area contributed by atoms with Crippen molar-refractivity contribution in [2.75, 3.05) is 5.32 Å². The van der Waals surface area contributed by atoms with Gasteiger partial charge in [-0.3, -0.25) is 4.79 Å². The summed E-state index contributed by atoms with van der Waals surface area (Å²) in [5, 5.41) is 12.1. The topological polar surface area (TPSA) is 69.0 Å². The molecule has 0 saturated carbocycles. The third kappa shape index (κ3) is 5.02. The maximum absolute atomic E-state index is 12.4. The van der Waals surface area contributed by atoms with Crippen molar-refractivity contribution in [3.63, 3.8) is 0 Å². The molecule has 1 amide bonds. The first kappa shape index (κ1) is 19.3. The van der Waals surface area contributed by atoms with Gasteiger partial charge >= 0.3 is 0 Å². The monoisotopic (exact) mass is 402 g/mol.